The van der Waals surface area contributed by atoms with Crippen LogP contribution in [0.25, 0.3) is 11.1 Å². The third kappa shape index (κ3) is 2.71. The standard InChI is InChI=1S/C18H21FN4O/c1-12-17(13-5-7-22(12)8-6-13)21-18(24)23-11-15(10-20-23)14-3-2-4-16(19)9-14/h2-4,9-13,17H,5-8H2,1H3,(H,21,24)/t12-,17-/m0/s1. The molecule has 3 saturated heterocycles. The van der Waals surface area contributed by atoms with E-state index in [-0.39, 0.29) is 17.9 Å². The van der Waals surface area contributed by atoms with Crippen molar-refractivity contribution in [2.75, 3.05) is 13.1 Å². The topological polar surface area (TPSA) is 50.2 Å². The monoisotopic (exact) mass is 328 g/mol. The molecular weight excluding hydrogens is 307 g/mol. The number of nitrogens with one attached hydrogen (secondary N) is 1. The lowest BCUT2D eigenvalue weighted by molar-refractivity contribution is 0.0266. The first-order valence-corrected chi connectivity index (χ1v) is 8.47. The zero-order valence-electron chi connectivity index (χ0n) is 13.7. The molecule has 3 aliphatic rings. The Balaban J connectivity index is 1.49. The van der Waals surface area contributed by atoms with E-state index in [1.165, 1.54) is 16.8 Å². The molecular formula is C18H21FN4O. The molecule has 2 bridgehead atoms. The number of halogens is 1. The molecule has 2 atom stereocenters. The Kier molecular flexibility index (Phi) is 3.84. The maximum atomic E-state index is 13.3. The number of aromatic nitrogens is 2. The lowest BCUT2D eigenvalue weighted by Gasteiger charge is -2.49. The van der Waals surface area contributed by atoms with Gasteiger partial charge >= 0.3 is 6.03 Å². The van der Waals surface area contributed by atoms with Crippen LogP contribution in [-0.4, -0.2) is 45.9 Å². The van der Waals surface area contributed by atoms with Crippen molar-refractivity contribution in [1.82, 2.24) is 20.0 Å². The van der Waals surface area contributed by atoms with Crippen LogP contribution in [0.15, 0.2) is 36.7 Å². The second kappa shape index (κ2) is 6.02. The summed E-state index contributed by atoms with van der Waals surface area (Å²) in [6, 6.07) is 6.60. The lowest BCUT2D eigenvalue weighted by atomic mass is 9.79. The van der Waals surface area contributed by atoms with Gasteiger partial charge in [-0.3, -0.25) is 4.90 Å². The first-order valence-electron chi connectivity index (χ1n) is 8.47. The van der Waals surface area contributed by atoms with Crippen LogP contribution in [0.3, 0.4) is 0 Å². The van der Waals surface area contributed by atoms with Crippen molar-refractivity contribution in [3.63, 3.8) is 0 Å². The Morgan fingerprint density at radius 2 is 2.08 bits per heavy atom. The van der Waals surface area contributed by atoms with Gasteiger partial charge in [0.25, 0.3) is 0 Å². The third-order valence-corrected chi connectivity index (χ3v) is 5.42. The number of fused-ring (bicyclic) bond motifs is 3. The van der Waals surface area contributed by atoms with Crippen molar-refractivity contribution >= 4 is 6.03 Å². The molecule has 2 aromatic rings. The molecule has 3 aliphatic heterocycles. The Morgan fingerprint density at radius 3 is 2.79 bits per heavy atom. The average molecular weight is 328 g/mol. The predicted molar refractivity (Wildman–Crippen MR) is 89.1 cm³/mol. The van der Waals surface area contributed by atoms with Crippen LogP contribution in [0.4, 0.5) is 9.18 Å². The Bertz CT molecular complexity index is 749. The van der Waals surface area contributed by atoms with Crippen LogP contribution in [0.1, 0.15) is 19.8 Å². The van der Waals surface area contributed by atoms with E-state index in [4.69, 9.17) is 0 Å². The first kappa shape index (κ1) is 15.3. The first-order chi connectivity index (χ1) is 11.6. The van der Waals surface area contributed by atoms with Crippen LogP contribution in [-0.2, 0) is 0 Å². The minimum atomic E-state index is -0.300. The zero-order chi connectivity index (χ0) is 16.7. The van der Waals surface area contributed by atoms with E-state index in [2.05, 4.69) is 22.2 Å². The van der Waals surface area contributed by atoms with Crippen LogP contribution < -0.4 is 5.32 Å². The molecule has 0 spiro atoms. The van der Waals surface area contributed by atoms with Gasteiger partial charge in [-0.15, -0.1) is 0 Å². The molecule has 1 aromatic heterocycles. The van der Waals surface area contributed by atoms with Gasteiger partial charge in [-0.25, -0.2) is 9.18 Å². The van der Waals surface area contributed by atoms with Crippen LogP contribution in [0, 0.1) is 11.7 Å². The lowest BCUT2D eigenvalue weighted by Crippen LogP contribution is -2.62. The van der Waals surface area contributed by atoms with Gasteiger partial charge in [-0.1, -0.05) is 12.1 Å². The molecule has 5 rings (SSSR count). The zero-order valence-corrected chi connectivity index (χ0v) is 13.7. The molecule has 126 valence electrons. The second-order valence-corrected chi connectivity index (χ2v) is 6.77. The van der Waals surface area contributed by atoms with Crippen LogP contribution in [0.5, 0.6) is 0 Å². The van der Waals surface area contributed by atoms with E-state index in [9.17, 15) is 9.18 Å². The highest BCUT2D eigenvalue weighted by Crippen LogP contribution is 2.32. The van der Waals surface area contributed by atoms with Gasteiger partial charge in [0.05, 0.1) is 6.20 Å². The Hall–Kier alpha value is -2.21. The quantitative estimate of drug-likeness (QED) is 0.922. The smallest absolute Gasteiger partial charge is 0.332 e. The van der Waals surface area contributed by atoms with Crippen molar-refractivity contribution in [3.05, 3.63) is 42.5 Å². The summed E-state index contributed by atoms with van der Waals surface area (Å²) in [5.41, 5.74) is 1.44. The highest BCUT2D eigenvalue weighted by molar-refractivity contribution is 5.78. The minimum Gasteiger partial charge on any atom is -0.332 e. The van der Waals surface area contributed by atoms with Gasteiger partial charge < -0.3 is 5.32 Å². The summed E-state index contributed by atoms with van der Waals surface area (Å²) in [5, 5.41) is 7.28. The van der Waals surface area contributed by atoms with Gasteiger partial charge in [0.15, 0.2) is 0 Å². The number of nitrogens with zero attached hydrogens (tertiary/aromatic N) is 3. The molecule has 6 heteroatoms. The summed E-state index contributed by atoms with van der Waals surface area (Å²) in [6.45, 7) is 4.44. The number of hydrogen-bond donors (Lipinski definition) is 1. The summed E-state index contributed by atoms with van der Waals surface area (Å²) in [7, 11) is 0. The number of hydrogen-bond acceptors (Lipinski definition) is 3. The molecule has 0 unspecified atom stereocenters. The van der Waals surface area contributed by atoms with Crippen LogP contribution >= 0.6 is 0 Å². The highest BCUT2D eigenvalue weighted by Gasteiger charge is 2.40. The molecule has 1 N–H and O–H groups in total. The van der Waals surface area contributed by atoms with E-state index >= 15 is 0 Å². The number of benzene rings is 1. The summed E-state index contributed by atoms with van der Waals surface area (Å²) >= 11 is 0. The van der Waals surface area contributed by atoms with E-state index in [0.717, 1.165) is 31.5 Å². The van der Waals surface area contributed by atoms with E-state index in [1.54, 1.807) is 24.5 Å². The second-order valence-electron chi connectivity index (χ2n) is 6.77. The fraction of sp³-hybridized carbons (Fsp3) is 0.444. The van der Waals surface area contributed by atoms with Gasteiger partial charge in [-0.2, -0.15) is 9.78 Å². The van der Waals surface area contributed by atoms with Crippen molar-refractivity contribution in [2.45, 2.75) is 31.8 Å². The summed E-state index contributed by atoms with van der Waals surface area (Å²) < 4.78 is 14.7. The predicted octanol–water partition coefficient (Wildman–Crippen LogP) is 2.73. The van der Waals surface area contributed by atoms with Gasteiger partial charge in [0.1, 0.15) is 5.82 Å². The minimum absolute atomic E-state index is 0.168. The maximum Gasteiger partial charge on any atom is 0.342 e. The summed E-state index contributed by atoms with van der Waals surface area (Å²) in [5.74, 6) is 0.248. The van der Waals surface area contributed by atoms with E-state index in [0.29, 0.717) is 17.5 Å². The average Bonchev–Trinajstić information content (AvgIpc) is 3.09. The van der Waals surface area contributed by atoms with Crippen LogP contribution in [0.2, 0.25) is 0 Å². The van der Waals surface area contributed by atoms with Crippen molar-refractivity contribution in [1.29, 1.82) is 0 Å². The molecule has 3 fully saturated rings. The van der Waals surface area contributed by atoms with Crippen molar-refractivity contribution in [2.24, 2.45) is 5.92 Å². The molecule has 5 nitrogen and oxygen atoms in total. The number of rotatable bonds is 2. The van der Waals surface area contributed by atoms with Crippen molar-refractivity contribution < 1.29 is 9.18 Å². The normalized spacial score (nSPS) is 28.8. The maximum absolute atomic E-state index is 13.3. The summed E-state index contributed by atoms with van der Waals surface area (Å²) in [4.78, 5) is 15.0. The molecule has 0 aliphatic carbocycles. The van der Waals surface area contributed by atoms with Crippen molar-refractivity contribution in [3.8, 4) is 11.1 Å². The number of piperidine rings is 3. The molecule has 1 amide bonds. The fourth-order valence-electron chi connectivity index (χ4n) is 4.00. The van der Waals surface area contributed by atoms with E-state index in [1.807, 2.05) is 0 Å². The number of carbonyl (C=O) groups excluding carboxylic acids is 1. The highest BCUT2D eigenvalue weighted by atomic mass is 19.1. The molecule has 0 radical (unpaired) electrons. The third-order valence-electron chi connectivity index (χ3n) is 5.42. The molecule has 1 aromatic carbocycles. The largest absolute Gasteiger partial charge is 0.342 e. The van der Waals surface area contributed by atoms with Gasteiger partial charge in [-0.05, 0) is 56.5 Å². The number of carbonyl (C=O) groups is 1. The summed E-state index contributed by atoms with van der Waals surface area (Å²) in [6.07, 6.45) is 5.52. The fourth-order valence-corrected chi connectivity index (χ4v) is 4.00. The number of amides is 1. The molecule has 0 saturated carbocycles. The SMILES string of the molecule is C[C@H]1[C@H](NC(=O)n2cc(-c3cccc(F)c3)cn2)C2CCN1CC2. The molecule has 24 heavy (non-hydrogen) atoms. The Morgan fingerprint density at radius 1 is 1.29 bits per heavy atom. The van der Waals surface area contributed by atoms with Gasteiger partial charge in [0.2, 0.25) is 0 Å². The Labute approximate surface area is 140 Å². The van der Waals surface area contributed by atoms with Gasteiger partial charge in [0, 0.05) is 23.8 Å². The van der Waals surface area contributed by atoms with E-state index < -0.39 is 0 Å². The molecule has 4 heterocycles.